The average molecular weight is 624 g/mol. The summed E-state index contributed by atoms with van der Waals surface area (Å²) in [6.45, 7) is 3.74. The van der Waals surface area contributed by atoms with Crippen molar-refractivity contribution in [2.75, 3.05) is 16.8 Å². The van der Waals surface area contributed by atoms with Crippen LogP contribution in [0.2, 0.25) is 0 Å². The molecule has 1 fully saturated rings. The van der Waals surface area contributed by atoms with Gasteiger partial charge in [0.05, 0.1) is 17.2 Å². The van der Waals surface area contributed by atoms with Crippen LogP contribution < -0.4 is 15.5 Å². The predicted octanol–water partition coefficient (Wildman–Crippen LogP) is 4.44. The molecule has 236 valence electrons. The number of carbonyl (C=O) groups excluding carboxylic acids is 4. The highest BCUT2D eigenvalue weighted by atomic mass is 19.1. The van der Waals surface area contributed by atoms with E-state index in [4.69, 9.17) is 4.74 Å². The van der Waals surface area contributed by atoms with Gasteiger partial charge in [-0.25, -0.2) is 9.18 Å². The van der Waals surface area contributed by atoms with E-state index in [1.807, 2.05) is 44.2 Å². The number of halogens is 1. The Morgan fingerprint density at radius 1 is 1.11 bits per heavy atom. The first kappa shape index (κ1) is 30.8. The molecule has 1 spiro atoms. The Hall–Kier alpha value is -5.24. The second kappa shape index (κ2) is 12.3. The zero-order valence-electron chi connectivity index (χ0n) is 25.5. The monoisotopic (exact) mass is 623 g/mol. The summed E-state index contributed by atoms with van der Waals surface area (Å²) in [6.07, 6.45) is -0.450. The SMILES string of the molecule is CC(C)C[C@@H](C(=O)N1C[C@]2(C[C@H]1C#N)C(=O)Nc1ccccc12)N1C(=O)[C@@H](NC(=O)OCc2ccccc2)Cc2ccc(F)cc21. The Labute approximate surface area is 266 Å². The van der Waals surface area contributed by atoms with Crippen LogP contribution in [0, 0.1) is 23.1 Å². The number of rotatable bonds is 7. The number of hydrogen-bond donors (Lipinski definition) is 2. The summed E-state index contributed by atoms with van der Waals surface area (Å²) in [7, 11) is 0. The number of likely N-dealkylation sites (tertiary alicyclic amines) is 1. The van der Waals surface area contributed by atoms with Gasteiger partial charge in [-0.05, 0) is 47.2 Å². The third-order valence-corrected chi connectivity index (χ3v) is 8.98. The highest BCUT2D eigenvalue weighted by molar-refractivity contribution is 6.09. The first-order chi connectivity index (χ1) is 22.1. The number of nitrogens with one attached hydrogen (secondary N) is 2. The Bertz CT molecular complexity index is 1740. The molecule has 0 bridgehead atoms. The number of nitriles is 1. The van der Waals surface area contributed by atoms with E-state index in [1.165, 1.54) is 28.0 Å². The summed E-state index contributed by atoms with van der Waals surface area (Å²) in [5.74, 6) is -2.08. The van der Waals surface area contributed by atoms with Crippen molar-refractivity contribution in [1.82, 2.24) is 10.2 Å². The highest BCUT2D eigenvalue weighted by Crippen LogP contribution is 2.47. The largest absolute Gasteiger partial charge is 0.445 e. The van der Waals surface area contributed by atoms with Crippen molar-refractivity contribution in [3.63, 3.8) is 0 Å². The lowest BCUT2D eigenvalue weighted by Crippen LogP contribution is -2.60. The van der Waals surface area contributed by atoms with Crippen molar-refractivity contribution < 1.29 is 28.3 Å². The molecule has 46 heavy (non-hydrogen) atoms. The van der Waals surface area contributed by atoms with Crippen molar-refractivity contribution in [2.24, 2.45) is 5.92 Å². The number of hydrogen-bond acceptors (Lipinski definition) is 6. The fourth-order valence-corrected chi connectivity index (χ4v) is 6.81. The second-order valence-electron chi connectivity index (χ2n) is 12.5. The van der Waals surface area contributed by atoms with E-state index in [1.54, 1.807) is 24.3 Å². The molecule has 0 unspecified atom stereocenters. The van der Waals surface area contributed by atoms with E-state index in [9.17, 15) is 28.8 Å². The molecule has 3 aliphatic heterocycles. The van der Waals surface area contributed by atoms with Crippen LogP contribution >= 0.6 is 0 Å². The van der Waals surface area contributed by atoms with E-state index in [2.05, 4.69) is 16.7 Å². The smallest absolute Gasteiger partial charge is 0.408 e. The van der Waals surface area contributed by atoms with E-state index >= 15 is 0 Å². The second-order valence-corrected chi connectivity index (χ2v) is 12.5. The number of ether oxygens (including phenoxy) is 1. The van der Waals surface area contributed by atoms with Crippen LogP contribution in [0.15, 0.2) is 72.8 Å². The van der Waals surface area contributed by atoms with Crippen molar-refractivity contribution in [3.05, 3.63) is 95.3 Å². The molecule has 4 amide bonds. The predicted molar refractivity (Wildman–Crippen MR) is 167 cm³/mol. The molecule has 0 aromatic heterocycles. The van der Waals surface area contributed by atoms with Crippen molar-refractivity contribution >= 4 is 35.2 Å². The van der Waals surface area contributed by atoms with Gasteiger partial charge in [0, 0.05) is 25.1 Å². The maximum absolute atomic E-state index is 14.7. The topological polar surface area (TPSA) is 132 Å². The lowest BCUT2D eigenvalue weighted by molar-refractivity contribution is -0.135. The first-order valence-electron chi connectivity index (χ1n) is 15.3. The third kappa shape index (κ3) is 5.55. The molecule has 0 radical (unpaired) electrons. The van der Waals surface area contributed by atoms with Crippen molar-refractivity contribution in [3.8, 4) is 6.07 Å². The number of alkyl carbamates (subject to hydrolysis) is 1. The molecule has 4 atom stereocenters. The van der Waals surface area contributed by atoms with E-state index in [-0.39, 0.29) is 49.9 Å². The van der Waals surface area contributed by atoms with E-state index in [0.717, 1.165) is 11.1 Å². The Balaban J connectivity index is 1.32. The van der Waals surface area contributed by atoms with Gasteiger partial charge in [0.2, 0.25) is 11.8 Å². The Morgan fingerprint density at radius 2 is 1.85 bits per heavy atom. The molecule has 10 nitrogen and oxygen atoms in total. The van der Waals surface area contributed by atoms with Gasteiger partial charge in [-0.2, -0.15) is 5.26 Å². The van der Waals surface area contributed by atoms with Crippen LogP contribution in [0.4, 0.5) is 20.6 Å². The van der Waals surface area contributed by atoms with Gasteiger partial charge in [0.1, 0.15) is 30.5 Å². The molecule has 3 aromatic rings. The van der Waals surface area contributed by atoms with Gasteiger partial charge in [0.15, 0.2) is 0 Å². The Morgan fingerprint density at radius 3 is 2.59 bits per heavy atom. The van der Waals surface area contributed by atoms with Crippen LogP contribution in [0.1, 0.15) is 43.4 Å². The maximum atomic E-state index is 14.7. The normalized spacial score (nSPS) is 22.2. The number of amides is 4. The minimum absolute atomic E-state index is 0.00345. The van der Waals surface area contributed by atoms with Gasteiger partial charge in [-0.1, -0.05) is 68.4 Å². The summed E-state index contributed by atoms with van der Waals surface area (Å²) in [5, 5.41) is 15.7. The van der Waals surface area contributed by atoms with Crippen molar-refractivity contribution in [2.45, 2.75) is 63.3 Å². The van der Waals surface area contributed by atoms with Crippen LogP contribution in [0.5, 0.6) is 0 Å². The van der Waals surface area contributed by atoms with E-state index in [0.29, 0.717) is 11.3 Å². The van der Waals surface area contributed by atoms with Gasteiger partial charge < -0.3 is 20.3 Å². The summed E-state index contributed by atoms with van der Waals surface area (Å²) >= 11 is 0. The fraction of sp³-hybridized carbons (Fsp3) is 0.343. The van der Waals surface area contributed by atoms with Crippen LogP contribution in [-0.2, 0) is 37.6 Å². The molecule has 11 heteroatoms. The number of benzene rings is 3. The first-order valence-corrected chi connectivity index (χ1v) is 15.3. The lowest BCUT2D eigenvalue weighted by Gasteiger charge is -2.41. The lowest BCUT2D eigenvalue weighted by atomic mass is 9.80. The van der Waals surface area contributed by atoms with Gasteiger partial charge in [-0.15, -0.1) is 0 Å². The molecule has 0 saturated carbocycles. The number of nitrogens with zero attached hydrogens (tertiary/aromatic N) is 3. The molecule has 1 saturated heterocycles. The number of anilines is 2. The molecule has 6 rings (SSSR count). The molecule has 2 N–H and O–H groups in total. The van der Waals surface area contributed by atoms with Gasteiger partial charge in [-0.3, -0.25) is 19.3 Å². The molecular weight excluding hydrogens is 589 g/mol. The standard InChI is InChI=1S/C35H34FN5O5/c1-21(2)14-30(32(43)40-20-35(17-25(40)18-37)26-10-6-7-11-27(26)38-33(35)44)41-29-16-24(36)13-12-23(29)15-28(31(41)42)39-34(45)46-19-22-8-4-3-5-9-22/h3-13,16,21,25,28,30H,14-15,17,19-20H2,1-2H3,(H,38,44)(H,39,45)/t25-,28-,30-,35-/m0/s1. The number of carbonyl (C=O) groups is 4. The summed E-state index contributed by atoms with van der Waals surface area (Å²) in [4.78, 5) is 57.6. The molecule has 3 aromatic carbocycles. The average Bonchev–Trinajstić information content (AvgIpc) is 3.57. The minimum atomic E-state index is -1.14. The molecule has 3 heterocycles. The molecule has 3 aliphatic rings. The number of fused-ring (bicyclic) bond motifs is 3. The van der Waals surface area contributed by atoms with Crippen LogP contribution in [0.25, 0.3) is 0 Å². The maximum Gasteiger partial charge on any atom is 0.408 e. The quantitative estimate of drug-likeness (QED) is 0.400. The zero-order chi connectivity index (χ0) is 32.6. The van der Waals surface area contributed by atoms with Gasteiger partial charge in [0.25, 0.3) is 5.91 Å². The summed E-state index contributed by atoms with van der Waals surface area (Å²) in [6, 6.07) is 19.4. The van der Waals surface area contributed by atoms with Crippen LogP contribution in [0.3, 0.4) is 0 Å². The zero-order valence-corrected chi connectivity index (χ0v) is 25.5. The molecule has 0 aliphatic carbocycles. The Kier molecular flexibility index (Phi) is 8.21. The minimum Gasteiger partial charge on any atom is -0.445 e. The summed E-state index contributed by atoms with van der Waals surface area (Å²) < 4.78 is 20.0. The fourth-order valence-electron chi connectivity index (χ4n) is 6.81. The number of para-hydroxylation sites is 1. The highest BCUT2D eigenvalue weighted by Gasteiger charge is 2.57. The van der Waals surface area contributed by atoms with Crippen LogP contribution in [-0.4, -0.2) is 53.4 Å². The summed E-state index contributed by atoms with van der Waals surface area (Å²) in [5.41, 5.74) is 1.81. The van der Waals surface area contributed by atoms with Crippen molar-refractivity contribution in [1.29, 1.82) is 5.26 Å². The van der Waals surface area contributed by atoms with Gasteiger partial charge >= 0.3 is 6.09 Å². The third-order valence-electron chi connectivity index (χ3n) is 8.98. The van der Waals surface area contributed by atoms with E-state index < -0.39 is 47.3 Å². The molecular formula is C35H34FN5O5.